The lowest BCUT2D eigenvalue weighted by molar-refractivity contribution is 0.398. The van der Waals surface area contributed by atoms with Gasteiger partial charge in [-0.15, -0.1) is 0 Å². The van der Waals surface area contributed by atoms with E-state index in [1.54, 1.807) is 0 Å². The molecule has 0 N–H and O–H groups in total. The molecule has 0 heterocycles. The molecule has 1 rings (SSSR count). The summed E-state index contributed by atoms with van der Waals surface area (Å²) in [6.45, 7) is 8.94. The monoisotopic (exact) mass is 184 g/mol. The summed E-state index contributed by atoms with van der Waals surface area (Å²) in [5.41, 5.74) is 0.542. The van der Waals surface area contributed by atoms with Gasteiger partial charge in [0.1, 0.15) is 0 Å². The molecule has 76 valence electrons. The average Bonchev–Trinajstić information content (AvgIpc) is 2.07. The third-order valence-corrected chi connectivity index (χ3v) is 1.73. The van der Waals surface area contributed by atoms with Crippen LogP contribution in [-0.4, -0.2) is 0 Å². The summed E-state index contributed by atoms with van der Waals surface area (Å²) < 4.78 is 0. The summed E-state index contributed by atoms with van der Waals surface area (Å²) in [5.74, 6) is 0. The van der Waals surface area contributed by atoms with Gasteiger partial charge in [0.05, 0.1) is 0 Å². The van der Waals surface area contributed by atoms with Crippen molar-refractivity contribution in [3.63, 3.8) is 0 Å². The van der Waals surface area contributed by atoms with Gasteiger partial charge in [0, 0.05) is 0 Å². The lowest BCUT2D eigenvalue weighted by atomic mass is 9.94. The van der Waals surface area contributed by atoms with Crippen molar-refractivity contribution in [1.82, 2.24) is 0 Å². The van der Waals surface area contributed by atoms with Crippen LogP contribution >= 0.6 is 0 Å². The molecule has 0 spiro atoms. The van der Waals surface area contributed by atoms with Crippen LogP contribution in [0.2, 0.25) is 0 Å². The van der Waals surface area contributed by atoms with E-state index in [-0.39, 0.29) is 4.70 Å². The summed E-state index contributed by atoms with van der Waals surface area (Å²) >= 11 is 0. The molecular weight excluding hydrogens is 163 g/mol. The molecule has 0 unspecified atom stereocenters. The van der Waals surface area contributed by atoms with E-state index in [0.29, 0.717) is 5.41 Å². The minimum absolute atomic E-state index is 0. The fraction of sp³-hybridized carbons (Fsp3) is 0.500. The molecule has 1 heteroatoms. The van der Waals surface area contributed by atoms with E-state index >= 15 is 0 Å². The molecule has 0 amide bonds. The molecule has 0 aliphatic rings. The third-order valence-electron chi connectivity index (χ3n) is 1.73. The Kier molecular flexibility index (Phi) is 8.78. The van der Waals surface area contributed by atoms with E-state index in [0.717, 1.165) is 0 Å². The molecule has 0 fully saturated rings. The van der Waals surface area contributed by atoms with E-state index in [1.807, 2.05) is 36.4 Å². The van der Waals surface area contributed by atoms with Crippen molar-refractivity contribution in [2.24, 2.45) is 5.41 Å². The molecule has 0 radical (unpaired) electrons. The van der Waals surface area contributed by atoms with Crippen LogP contribution in [0.5, 0.6) is 0 Å². The van der Waals surface area contributed by atoms with E-state index in [4.69, 9.17) is 0 Å². The van der Waals surface area contributed by atoms with Crippen LogP contribution in [0.4, 0.5) is 4.70 Å². The summed E-state index contributed by atoms with van der Waals surface area (Å²) in [6.07, 6.45) is 1.27. The highest BCUT2D eigenvalue weighted by Crippen LogP contribution is 2.16. The molecule has 0 aromatic heterocycles. The molecule has 1 aromatic carbocycles. The van der Waals surface area contributed by atoms with Gasteiger partial charge < -0.3 is 0 Å². The van der Waals surface area contributed by atoms with Crippen molar-refractivity contribution >= 4 is 0 Å². The maximum atomic E-state index is 2.24. The van der Waals surface area contributed by atoms with Crippen molar-refractivity contribution in [2.75, 3.05) is 0 Å². The second-order valence-electron chi connectivity index (χ2n) is 4.07. The molecule has 1 aromatic rings. The summed E-state index contributed by atoms with van der Waals surface area (Å²) in [4.78, 5) is 0. The van der Waals surface area contributed by atoms with Crippen LogP contribution in [0.3, 0.4) is 0 Å². The molecular formula is C12H21F. The van der Waals surface area contributed by atoms with Crippen LogP contribution in [0, 0.1) is 5.41 Å². The van der Waals surface area contributed by atoms with Gasteiger partial charge in [-0.1, -0.05) is 70.5 Å². The molecule has 0 saturated carbocycles. The lowest BCUT2D eigenvalue weighted by Crippen LogP contribution is -2.00. The Bertz CT molecular complexity index is 147. The third kappa shape index (κ3) is 14.1. The standard InChI is InChI=1S/C6H6.C6H14.FH/c1-2-4-6-5-3-1;1-5-6(2,3)4;/h1-6H;5H2,1-4H3;1H. The quantitative estimate of drug-likeness (QED) is 0.564. The highest BCUT2D eigenvalue weighted by molar-refractivity contribution is 4.99. The van der Waals surface area contributed by atoms with E-state index in [9.17, 15) is 0 Å². The van der Waals surface area contributed by atoms with Crippen molar-refractivity contribution < 1.29 is 4.70 Å². The minimum Gasteiger partial charge on any atom is -0.269 e. The predicted molar refractivity (Wildman–Crippen MR) is 58.7 cm³/mol. The fourth-order valence-corrected chi connectivity index (χ4v) is 0.385. The van der Waals surface area contributed by atoms with Crippen molar-refractivity contribution in [1.29, 1.82) is 0 Å². The summed E-state index contributed by atoms with van der Waals surface area (Å²) in [7, 11) is 0. The van der Waals surface area contributed by atoms with Crippen LogP contribution in [0.15, 0.2) is 36.4 Å². The Balaban J connectivity index is 0. The van der Waals surface area contributed by atoms with Crippen LogP contribution in [-0.2, 0) is 0 Å². The van der Waals surface area contributed by atoms with Crippen molar-refractivity contribution in [2.45, 2.75) is 34.1 Å². The zero-order chi connectivity index (χ0) is 9.45. The van der Waals surface area contributed by atoms with E-state index in [1.165, 1.54) is 6.42 Å². The zero-order valence-electron chi connectivity index (χ0n) is 9.08. The van der Waals surface area contributed by atoms with Crippen molar-refractivity contribution in [3.05, 3.63) is 36.4 Å². The first-order valence-corrected chi connectivity index (χ1v) is 4.56. The van der Waals surface area contributed by atoms with Crippen LogP contribution < -0.4 is 0 Å². The highest BCUT2D eigenvalue weighted by Gasteiger charge is 2.03. The first kappa shape index (κ1) is 14.7. The molecule has 0 atom stereocenters. The number of rotatable bonds is 0. The highest BCUT2D eigenvalue weighted by atomic mass is 19.0. The van der Waals surface area contributed by atoms with Gasteiger partial charge in [-0.2, -0.15) is 0 Å². The second kappa shape index (κ2) is 7.78. The second-order valence-corrected chi connectivity index (χ2v) is 4.07. The maximum Gasteiger partial charge on any atom is -0.0385 e. The molecule has 0 bridgehead atoms. The molecule has 0 nitrogen and oxygen atoms in total. The maximum absolute atomic E-state index is 2.24. The number of hydrogen-bond acceptors (Lipinski definition) is 0. The van der Waals surface area contributed by atoms with Gasteiger partial charge in [0.2, 0.25) is 0 Å². The van der Waals surface area contributed by atoms with Gasteiger partial charge in [0.15, 0.2) is 0 Å². The van der Waals surface area contributed by atoms with E-state index in [2.05, 4.69) is 27.7 Å². The molecule has 0 aliphatic heterocycles. The molecule has 0 saturated heterocycles. The minimum atomic E-state index is 0. The first-order chi connectivity index (χ1) is 5.56. The Morgan fingerprint density at radius 3 is 1.00 bits per heavy atom. The molecule has 0 aliphatic carbocycles. The summed E-state index contributed by atoms with van der Waals surface area (Å²) in [5, 5.41) is 0. The normalized spacial score (nSPS) is 9.23. The topological polar surface area (TPSA) is 0 Å². The van der Waals surface area contributed by atoms with Gasteiger partial charge in [-0.05, 0) is 5.41 Å². The Labute approximate surface area is 81.4 Å². The number of hydrogen-bond donors (Lipinski definition) is 0. The number of halogens is 1. The van der Waals surface area contributed by atoms with Gasteiger partial charge in [-0.3, -0.25) is 4.70 Å². The summed E-state index contributed by atoms with van der Waals surface area (Å²) in [6, 6.07) is 12.0. The SMILES string of the molecule is CCC(C)(C)C.F.c1ccccc1. The van der Waals surface area contributed by atoms with E-state index < -0.39 is 0 Å². The Morgan fingerprint density at radius 2 is 0.923 bits per heavy atom. The zero-order valence-corrected chi connectivity index (χ0v) is 9.08. The Morgan fingerprint density at radius 1 is 0.769 bits per heavy atom. The fourth-order valence-electron chi connectivity index (χ4n) is 0.385. The Hall–Kier alpha value is -0.850. The van der Waals surface area contributed by atoms with Crippen molar-refractivity contribution in [3.8, 4) is 0 Å². The van der Waals surface area contributed by atoms with Gasteiger partial charge in [-0.25, -0.2) is 0 Å². The molecule has 13 heavy (non-hydrogen) atoms. The van der Waals surface area contributed by atoms with Crippen LogP contribution in [0.25, 0.3) is 0 Å². The average molecular weight is 184 g/mol. The lowest BCUT2D eigenvalue weighted by Gasteiger charge is -2.12. The van der Waals surface area contributed by atoms with Gasteiger partial charge in [0.25, 0.3) is 0 Å². The first-order valence-electron chi connectivity index (χ1n) is 4.56. The number of benzene rings is 1. The van der Waals surface area contributed by atoms with Crippen LogP contribution in [0.1, 0.15) is 34.1 Å². The smallest absolute Gasteiger partial charge is 0.0385 e. The largest absolute Gasteiger partial charge is 0.269 e. The predicted octanol–water partition coefficient (Wildman–Crippen LogP) is 4.28. The van der Waals surface area contributed by atoms with Gasteiger partial charge >= 0.3 is 0 Å².